The molecule has 5 heteroatoms. The monoisotopic (exact) mass is 252 g/mol. The predicted molar refractivity (Wildman–Crippen MR) is 67.6 cm³/mol. The molecule has 0 aliphatic rings. The molecule has 0 radical (unpaired) electrons. The number of carbonyl (C=O) groups excluding carboxylic acids is 1. The summed E-state index contributed by atoms with van der Waals surface area (Å²) in [6.07, 6.45) is 3.88. The first kappa shape index (κ1) is 14.6. The first-order chi connectivity index (χ1) is 8.72. The number of rotatable bonds is 7. The highest BCUT2D eigenvalue weighted by atomic mass is 16.5. The quantitative estimate of drug-likeness (QED) is 0.547. The van der Waals surface area contributed by atoms with Crippen molar-refractivity contribution in [2.75, 3.05) is 20.3 Å². The summed E-state index contributed by atoms with van der Waals surface area (Å²) in [4.78, 5) is 20.3. The average molecular weight is 252 g/mol. The van der Waals surface area contributed by atoms with Gasteiger partial charge >= 0.3 is 5.97 Å². The van der Waals surface area contributed by atoms with Crippen molar-refractivity contribution in [2.24, 2.45) is 0 Å². The molecule has 0 saturated heterocycles. The fourth-order valence-corrected chi connectivity index (χ4v) is 1.60. The number of nitrogens with zero attached hydrogens (tertiary/aromatic N) is 2. The van der Waals surface area contributed by atoms with Gasteiger partial charge in [0.2, 0.25) is 0 Å². The number of hydrogen-bond donors (Lipinski definition) is 0. The van der Waals surface area contributed by atoms with Gasteiger partial charge in [0.25, 0.3) is 0 Å². The minimum absolute atomic E-state index is 0.349. The van der Waals surface area contributed by atoms with Gasteiger partial charge in [0.05, 0.1) is 17.9 Å². The highest BCUT2D eigenvalue weighted by Crippen LogP contribution is 2.09. The first-order valence-electron chi connectivity index (χ1n) is 6.23. The summed E-state index contributed by atoms with van der Waals surface area (Å²) in [5.74, 6) is 0.398. The van der Waals surface area contributed by atoms with E-state index < -0.39 is 0 Å². The van der Waals surface area contributed by atoms with Gasteiger partial charge in [-0.25, -0.2) is 14.8 Å². The van der Waals surface area contributed by atoms with Crippen LogP contribution in [-0.4, -0.2) is 36.3 Å². The molecule has 0 saturated carbocycles. The highest BCUT2D eigenvalue weighted by Gasteiger charge is 2.14. The van der Waals surface area contributed by atoms with Crippen molar-refractivity contribution >= 4 is 5.97 Å². The molecule has 0 fully saturated rings. The molecule has 0 aromatic carbocycles. The molecule has 1 rings (SSSR count). The second-order valence-electron chi connectivity index (χ2n) is 3.82. The third-order valence-electron chi connectivity index (χ3n) is 2.50. The van der Waals surface area contributed by atoms with Gasteiger partial charge in [-0.2, -0.15) is 0 Å². The summed E-state index contributed by atoms with van der Waals surface area (Å²) in [6.45, 7) is 4.79. The standard InChI is InChI=1S/C13H20N2O3/c1-4-11-10(13(16)18-5-2)9-14-12(15-11)7-6-8-17-3/h9H,4-8H2,1-3H3. The van der Waals surface area contributed by atoms with Crippen LogP contribution in [0.4, 0.5) is 0 Å². The third-order valence-corrected chi connectivity index (χ3v) is 2.50. The summed E-state index contributed by atoms with van der Waals surface area (Å²) in [7, 11) is 1.67. The molecule has 5 nitrogen and oxygen atoms in total. The molecule has 0 unspecified atom stereocenters. The zero-order chi connectivity index (χ0) is 13.4. The van der Waals surface area contributed by atoms with Gasteiger partial charge in [0, 0.05) is 26.3 Å². The lowest BCUT2D eigenvalue weighted by molar-refractivity contribution is 0.0524. The van der Waals surface area contributed by atoms with Gasteiger partial charge < -0.3 is 9.47 Å². The minimum Gasteiger partial charge on any atom is -0.462 e. The van der Waals surface area contributed by atoms with Gasteiger partial charge in [-0.3, -0.25) is 0 Å². The van der Waals surface area contributed by atoms with Gasteiger partial charge in [0.1, 0.15) is 5.82 Å². The summed E-state index contributed by atoms with van der Waals surface area (Å²) >= 11 is 0. The predicted octanol–water partition coefficient (Wildman–Crippen LogP) is 1.79. The van der Waals surface area contributed by atoms with Gasteiger partial charge in [-0.15, -0.1) is 0 Å². The van der Waals surface area contributed by atoms with Crippen molar-refractivity contribution in [3.05, 3.63) is 23.3 Å². The third kappa shape index (κ3) is 4.07. The Bertz CT molecular complexity index is 394. The highest BCUT2D eigenvalue weighted by molar-refractivity contribution is 5.90. The van der Waals surface area contributed by atoms with E-state index in [-0.39, 0.29) is 5.97 Å². The van der Waals surface area contributed by atoms with Crippen molar-refractivity contribution in [3.63, 3.8) is 0 Å². The molecule has 0 aliphatic heterocycles. The molecule has 1 aromatic rings. The molecule has 0 N–H and O–H groups in total. The van der Waals surface area contributed by atoms with E-state index in [1.165, 1.54) is 0 Å². The molecule has 1 aromatic heterocycles. The Morgan fingerprint density at radius 2 is 2.17 bits per heavy atom. The van der Waals surface area contributed by atoms with E-state index in [4.69, 9.17) is 9.47 Å². The van der Waals surface area contributed by atoms with Gasteiger partial charge in [-0.05, 0) is 19.8 Å². The number of hydrogen-bond acceptors (Lipinski definition) is 5. The molecule has 0 atom stereocenters. The molecule has 18 heavy (non-hydrogen) atoms. The smallest absolute Gasteiger partial charge is 0.341 e. The minimum atomic E-state index is -0.349. The number of aryl methyl sites for hydroxylation is 2. The van der Waals surface area contributed by atoms with E-state index in [9.17, 15) is 4.79 Å². The van der Waals surface area contributed by atoms with E-state index >= 15 is 0 Å². The Morgan fingerprint density at radius 1 is 1.39 bits per heavy atom. The van der Waals surface area contributed by atoms with Crippen molar-refractivity contribution in [1.82, 2.24) is 9.97 Å². The zero-order valence-electron chi connectivity index (χ0n) is 11.2. The first-order valence-corrected chi connectivity index (χ1v) is 6.23. The molecule has 0 aliphatic carbocycles. The lowest BCUT2D eigenvalue weighted by atomic mass is 10.2. The topological polar surface area (TPSA) is 61.3 Å². The van der Waals surface area contributed by atoms with E-state index in [1.807, 2.05) is 6.92 Å². The molecule has 0 amide bonds. The van der Waals surface area contributed by atoms with Crippen LogP contribution in [0.25, 0.3) is 0 Å². The second kappa shape index (κ2) is 7.76. The molecule has 1 heterocycles. The fourth-order valence-electron chi connectivity index (χ4n) is 1.60. The van der Waals surface area contributed by atoms with Crippen LogP contribution in [0.15, 0.2) is 6.20 Å². The number of aromatic nitrogens is 2. The largest absolute Gasteiger partial charge is 0.462 e. The van der Waals surface area contributed by atoms with E-state index in [2.05, 4.69) is 9.97 Å². The van der Waals surface area contributed by atoms with Gasteiger partial charge in [-0.1, -0.05) is 6.92 Å². The summed E-state index contributed by atoms with van der Waals surface area (Å²) < 4.78 is 9.95. The Morgan fingerprint density at radius 3 is 2.78 bits per heavy atom. The van der Waals surface area contributed by atoms with Crippen molar-refractivity contribution < 1.29 is 14.3 Å². The molecule has 0 bridgehead atoms. The van der Waals surface area contributed by atoms with Crippen LogP contribution in [-0.2, 0) is 22.3 Å². The molecular formula is C13H20N2O3. The molecule has 100 valence electrons. The van der Waals surface area contributed by atoms with E-state index in [1.54, 1.807) is 20.2 Å². The van der Waals surface area contributed by atoms with Crippen molar-refractivity contribution in [1.29, 1.82) is 0 Å². The normalized spacial score (nSPS) is 10.4. The Hall–Kier alpha value is -1.49. The van der Waals surface area contributed by atoms with Crippen molar-refractivity contribution in [3.8, 4) is 0 Å². The number of esters is 1. The number of methoxy groups -OCH3 is 1. The van der Waals surface area contributed by atoms with Crippen LogP contribution in [0.2, 0.25) is 0 Å². The lowest BCUT2D eigenvalue weighted by Crippen LogP contribution is -2.12. The maximum atomic E-state index is 11.7. The Balaban J connectivity index is 2.79. The van der Waals surface area contributed by atoms with Crippen LogP contribution < -0.4 is 0 Å². The van der Waals surface area contributed by atoms with Crippen LogP contribution in [0.3, 0.4) is 0 Å². The maximum Gasteiger partial charge on any atom is 0.341 e. The second-order valence-corrected chi connectivity index (χ2v) is 3.82. The van der Waals surface area contributed by atoms with E-state index in [0.29, 0.717) is 25.2 Å². The van der Waals surface area contributed by atoms with Gasteiger partial charge in [0.15, 0.2) is 0 Å². The van der Waals surface area contributed by atoms with Crippen LogP contribution >= 0.6 is 0 Å². The zero-order valence-corrected chi connectivity index (χ0v) is 11.2. The van der Waals surface area contributed by atoms with E-state index in [0.717, 1.165) is 24.4 Å². The molecular weight excluding hydrogens is 232 g/mol. The number of carbonyl (C=O) groups is 1. The SMILES string of the molecule is CCOC(=O)c1cnc(CCCOC)nc1CC. The maximum absolute atomic E-state index is 11.7. The summed E-state index contributed by atoms with van der Waals surface area (Å²) in [5.41, 5.74) is 1.21. The Kier molecular flexibility index (Phi) is 6.28. The van der Waals surface area contributed by atoms with Crippen molar-refractivity contribution in [2.45, 2.75) is 33.1 Å². The summed E-state index contributed by atoms with van der Waals surface area (Å²) in [6, 6.07) is 0. The average Bonchev–Trinajstić information content (AvgIpc) is 2.39. The summed E-state index contributed by atoms with van der Waals surface area (Å²) in [5, 5.41) is 0. The Labute approximate surface area is 108 Å². The lowest BCUT2D eigenvalue weighted by Gasteiger charge is -2.08. The fraction of sp³-hybridized carbons (Fsp3) is 0.615. The van der Waals surface area contributed by atoms with Crippen LogP contribution in [0, 0.1) is 0 Å². The number of ether oxygens (including phenoxy) is 2. The molecule has 0 spiro atoms. The van der Waals surface area contributed by atoms with Crippen LogP contribution in [0.5, 0.6) is 0 Å². The van der Waals surface area contributed by atoms with Crippen LogP contribution in [0.1, 0.15) is 42.1 Å².